The van der Waals surface area contributed by atoms with Gasteiger partial charge >= 0.3 is 6.16 Å². The molecule has 2 aromatic rings. The maximum Gasteiger partial charge on any atom is 0.533 e. The Morgan fingerprint density at radius 2 is 1.68 bits per heavy atom. The third-order valence-corrected chi connectivity index (χ3v) is 7.71. The standard InChI is InChI=1S/C30H36N4O6/c1-20(2)18-24(31-28(36)21-10-12-22(13-11-21)32-15-6-7-16-32)29(37)33-17-14-25-27(33)26(35)19-34(25)40-30(38)39-23-8-4-3-5-9-23/h3-5,8-13,20,24-25,27H,6-7,14-19H2,1-2H3,(H,31,36). The van der Waals surface area contributed by atoms with Crippen LogP contribution in [0.2, 0.25) is 0 Å². The van der Waals surface area contributed by atoms with Crippen molar-refractivity contribution in [2.75, 3.05) is 31.1 Å². The fourth-order valence-electron chi connectivity index (χ4n) is 5.81. The van der Waals surface area contributed by atoms with E-state index < -0.39 is 24.3 Å². The quantitative estimate of drug-likeness (QED) is 0.395. The molecule has 0 radical (unpaired) electrons. The normalized spacial score (nSPS) is 21.4. The highest BCUT2D eigenvalue weighted by Crippen LogP contribution is 2.31. The van der Waals surface area contributed by atoms with Gasteiger partial charge in [-0.25, -0.2) is 4.79 Å². The number of anilines is 1. The molecule has 5 rings (SSSR count). The van der Waals surface area contributed by atoms with Gasteiger partial charge < -0.3 is 24.7 Å². The number of hydroxylamine groups is 2. The molecule has 10 nitrogen and oxygen atoms in total. The number of likely N-dealkylation sites (tertiary alicyclic amines) is 1. The summed E-state index contributed by atoms with van der Waals surface area (Å²) in [5, 5.41) is 4.23. The predicted molar refractivity (Wildman–Crippen MR) is 148 cm³/mol. The highest BCUT2D eigenvalue weighted by Gasteiger charge is 2.52. The Balaban J connectivity index is 1.23. The topological polar surface area (TPSA) is 108 Å². The number of hydrogen-bond acceptors (Lipinski definition) is 8. The van der Waals surface area contributed by atoms with Gasteiger partial charge in [-0.3, -0.25) is 14.4 Å². The number of carbonyl (C=O) groups is 4. The van der Waals surface area contributed by atoms with Gasteiger partial charge in [0.2, 0.25) is 5.91 Å². The van der Waals surface area contributed by atoms with Crippen molar-refractivity contribution >= 4 is 29.4 Å². The van der Waals surface area contributed by atoms with Crippen LogP contribution in [0.25, 0.3) is 0 Å². The Hall–Kier alpha value is -3.92. The highest BCUT2D eigenvalue weighted by atomic mass is 16.8. The molecule has 3 atom stereocenters. The van der Waals surface area contributed by atoms with E-state index in [1.54, 1.807) is 42.5 Å². The number of ketones is 1. The second kappa shape index (κ2) is 12.1. The molecule has 1 N–H and O–H groups in total. The molecule has 3 aliphatic rings. The van der Waals surface area contributed by atoms with Crippen molar-refractivity contribution in [3.63, 3.8) is 0 Å². The fourth-order valence-corrected chi connectivity index (χ4v) is 5.81. The number of fused-ring (bicyclic) bond motifs is 1. The lowest BCUT2D eigenvalue weighted by atomic mass is 10.0. The Labute approximate surface area is 234 Å². The van der Waals surface area contributed by atoms with Crippen molar-refractivity contribution in [2.45, 2.75) is 57.7 Å². The summed E-state index contributed by atoms with van der Waals surface area (Å²) < 4.78 is 5.19. The van der Waals surface area contributed by atoms with Gasteiger partial charge in [-0.1, -0.05) is 32.0 Å². The van der Waals surface area contributed by atoms with Crippen LogP contribution in [0.3, 0.4) is 0 Å². The van der Waals surface area contributed by atoms with Crippen LogP contribution in [0.5, 0.6) is 5.75 Å². The molecule has 2 amide bonds. The molecule has 3 aliphatic heterocycles. The average molecular weight is 549 g/mol. The molecule has 3 saturated heterocycles. The summed E-state index contributed by atoms with van der Waals surface area (Å²) in [6.45, 7) is 6.20. The average Bonchev–Trinajstić information content (AvgIpc) is 3.68. The molecular weight excluding hydrogens is 512 g/mol. The second-order valence-electron chi connectivity index (χ2n) is 11.0. The fraction of sp³-hybridized carbons (Fsp3) is 0.467. The number of para-hydroxylation sites is 1. The largest absolute Gasteiger partial charge is 0.533 e. The molecule has 40 heavy (non-hydrogen) atoms. The summed E-state index contributed by atoms with van der Waals surface area (Å²) in [4.78, 5) is 61.4. The van der Waals surface area contributed by atoms with E-state index in [1.807, 2.05) is 26.0 Å². The molecule has 0 bridgehead atoms. The molecular formula is C30H36N4O6. The molecule has 3 unspecified atom stereocenters. The molecule has 0 aliphatic carbocycles. The lowest BCUT2D eigenvalue weighted by Gasteiger charge is -2.29. The van der Waals surface area contributed by atoms with E-state index in [0.29, 0.717) is 30.7 Å². The Bertz CT molecular complexity index is 1230. The number of benzene rings is 2. The van der Waals surface area contributed by atoms with Gasteiger partial charge in [-0.05, 0) is 68.0 Å². The Morgan fingerprint density at radius 1 is 0.975 bits per heavy atom. The number of amides is 2. The first-order chi connectivity index (χ1) is 19.3. The first-order valence-corrected chi connectivity index (χ1v) is 14.0. The molecule has 0 saturated carbocycles. The van der Waals surface area contributed by atoms with E-state index in [9.17, 15) is 19.2 Å². The van der Waals surface area contributed by atoms with Crippen LogP contribution in [0.1, 0.15) is 49.9 Å². The number of ether oxygens (including phenoxy) is 1. The number of Topliss-reactive ketones (excluding diaryl/α,β-unsaturated/α-hetero) is 1. The summed E-state index contributed by atoms with van der Waals surface area (Å²) in [5.74, 6) is -0.373. The predicted octanol–water partition coefficient (Wildman–Crippen LogP) is 3.42. The van der Waals surface area contributed by atoms with Gasteiger partial charge in [0.1, 0.15) is 17.8 Å². The number of carbonyl (C=O) groups excluding carboxylic acids is 4. The van der Waals surface area contributed by atoms with Crippen molar-refractivity contribution in [1.29, 1.82) is 0 Å². The van der Waals surface area contributed by atoms with Crippen LogP contribution in [0.4, 0.5) is 10.5 Å². The van der Waals surface area contributed by atoms with E-state index >= 15 is 0 Å². The van der Waals surface area contributed by atoms with Gasteiger partial charge in [0.15, 0.2) is 5.78 Å². The van der Waals surface area contributed by atoms with E-state index in [1.165, 1.54) is 22.8 Å². The number of rotatable bonds is 8. The van der Waals surface area contributed by atoms with E-state index in [-0.39, 0.29) is 30.1 Å². The number of hydrogen-bond donors (Lipinski definition) is 1. The molecule has 2 aromatic carbocycles. The second-order valence-corrected chi connectivity index (χ2v) is 11.0. The summed E-state index contributed by atoms with van der Waals surface area (Å²) in [5.41, 5.74) is 1.57. The van der Waals surface area contributed by atoms with Crippen LogP contribution in [0.15, 0.2) is 54.6 Å². The van der Waals surface area contributed by atoms with Gasteiger partial charge in [0.25, 0.3) is 5.91 Å². The van der Waals surface area contributed by atoms with Gasteiger partial charge in [-0.15, -0.1) is 5.06 Å². The minimum Gasteiger partial charge on any atom is -0.394 e. The summed E-state index contributed by atoms with van der Waals surface area (Å²) in [6, 6.07) is 14.0. The third kappa shape index (κ3) is 6.12. The van der Waals surface area contributed by atoms with Crippen molar-refractivity contribution in [3.8, 4) is 5.75 Å². The van der Waals surface area contributed by atoms with Crippen molar-refractivity contribution < 1.29 is 28.8 Å². The minimum absolute atomic E-state index is 0.131. The Kier molecular flexibility index (Phi) is 8.35. The molecule has 10 heteroatoms. The first kappa shape index (κ1) is 27.6. The Morgan fingerprint density at radius 3 is 2.35 bits per heavy atom. The van der Waals surface area contributed by atoms with E-state index in [4.69, 9.17) is 9.57 Å². The zero-order valence-corrected chi connectivity index (χ0v) is 23.0. The van der Waals surface area contributed by atoms with Crippen LogP contribution in [-0.4, -0.2) is 78.0 Å². The smallest absolute Gasteiger partial charge is 0.394 e. The van der Waals surface area contributed by atoms with Gasteiger partial charge in [0.05, 0.1) is 12.6 Å². The number of nitrogens with one attached hydrogen (secondary N) is 1. The lowest BCUT2D eigenvalue weighted by molar-refractivity contribution is -0.138. The lowest BCUT2D eigenvalue weighted by Crippen LogP contribution is -2.52. The first-order valence-electron chi connectivity index (χ1n) is 14.0. The summed E-state index contributed by atoms with van der Waals surface area (Å²) in [7, 11) is 0. The molecule has 0 aromatic heterocycles. The molecule has 3 fully saturated rings. The number of nitrogens with zero attached hydrogens (tertiary/aromatic N) is 3. The van der Waals surface area contributed by atoms with Crippen molar-refractivity contribution in [3.05, 3.63) is 60.2 Å². The van der Waals surface area contributed by atoms with E-state index in [0.717, 1.165) is 18.8 Å². The van der Waals surface area contributed by atoms with Gasteiger partial charge in [-0.2, -0.15) is 0 Å². The monoisotopic (exact) mass is 548 g/mol. The van der Waals surface area contributed by atoms with Crippen LogP contribution in [-0.2, 0) is 14.4 Å². The SMILES string of the molecule is CC(C)CC(NC(=O)c1ccc(N2CCCC2)cc1)C(=O)N1CCC2C1C(=O)CN2OC(=O)Oc1ccccc1. The summed E-state index contributed by atoms with van der Waals surface area (Å²) in [6.07, 6.45) is 2.29. The molecule has 0 spiro atoms. The third-order valence-electron chi connectivity index (χ3n) is 7.71. The summed E-state index contributed by atoms with van der Waals surface area (Å²) >= 11 is 0. The van der Waals surface area contributed by atoms with Crippen LogP contribution < -0.4 is 15.0 Å². The molecule has 3 heterocycles. The minimum atomic E-state index is -0.940. The van der Waals surface area contributed by atoms with Crippen molar-refractivity contribution in [1.82, 2.24) is 15.3 Å². The van der Waals surface area contributed by atoms with Crippen molar-refractivity contribution in [2.24, 2.45) is 5.92 Å². The molecule has 212 valence electrons. The maximum atomic E-state index is 13.7. The highest BCUT2D eigenvalue weighted by molar-refractivity contribution is 5.99. The van der Waals surface area contributed by atoms with E-state index in [2.05, 4.69) is 10.2 Å². The van der Waals surface area contributed by atoms with Crippen LogP contribution >= 0.6 is 0 Å². The zero-order valence-electron chi connectivity index (χ0n) is 23.0. The van der Waals surface area contributed by atoms with Crippen LogP contribution in [0, 0.1) is 5.92 Å². The zero-order chi connectivity index (χ0) is 28.2. The van der Waals surface area contributed by atoms with Gasteiger partial charge in [0, 0.05) is 30.9 Å². The maximum absolute atomic E-state index is 13.7.